The van der Waals surface area contributed by atoms with Crippen molar-refractivity contribution in [2.45, 2.75) is 19.3 Å². The first-order valence-corrected chi connectivity index (χ1v) is 22.0. The van der Waals surface area contributed by atoms with Gasteiger partial charge >= 0.3 is 0 Å². The van der Waals surface area contributed by atoms with E-state index in [0.29, 0.717) is 5.95 Å². The molecule has 1 aliphatic carbocycles. The van der Waals surface area contributed by atoms with Gasteiger partial charge in [0.1, 0.15) is 0 Å². The molecule has 11 rings (SSSR count). The van der Waals surface area contributed by atoms with Crippen molar-refractivity contribution in [2.24, 2.45) is 0 Å². The lowest BCUT2D eigenvalue weighted by Gasteiger charge is -2.23. The average Bonchev–Trinajstić information content (AvgIpc) is 3.74. The van der Waals surface area contributed by atoms with E-state index in [2.05, 4.69) is 213 Å². The van der Waals surface area contributed by atoms with E-state index < -0.39 is 20.7 Å². The summed E-state index contributed by atoms with van der Waals surface area (Å²) < 4.78 is 5.36. The van der Waals surface area contributed by atoms with Crippen LogP contribution in [-0.2, 0) is 5.41 Å². The van der Waals surface area contributed by atoms with E-state index in [-0.39, 0.29) is 5.41 Å². The highest BCUT2D eigenvalue weighted by Crippen LogP contribution is 2.53. The predicted octanol–water partition coefficient (Wildman–Crippen LogP) is 14.0. The second kappa shape index (κ2) is 13.9. The molecular formula is C54H38IN3. The summed E-state index contributed by atoms with van der Waals surface area (Å²) in [7, 11) is 0. The SMILES string of the molecule is CC1(C)C2=C(C=CC(c3ccc4c(c3)c3cc(-c5ccccc5)cc(-c5ccccc5)c3n4-c3nc(-c4ccccc4)cc(-c4ccccc4)n3)=I2)c2ccccc21. The number of hydrogen-bond acceptors (Lipinski definition) is 2. The summed E-state index contributed by atoms with van der Waals surface area (Å²) in [6, 6.07) is 65.3. The molecule has 0 bridgehead atoms. The van der Waals surface area contributed by atoms with Crippen LogP contribution in [0.5, 0.6) is 0 Å². The highest BCUT2D eigenvalue weighted by Gasteiger charge is 2.37. The van der Waals surface area contributed by atoms with Crippen molar-refractivity contribution in [3.05, 3.63) is 214 Å². The second-order valence-electron chi connectivity index (χ2n) is 15.6. The molecule has 7 aromatic carbocycles. The first-order valence-electron chi connectivity index (χ1n) is 19.8. The average molecular weight is 856 g/mol. The van der Waals surface area contributed by atoms with E-state index >= 15 is 0 Å². The Kier molecular flexibility index (Phi) is 8.30. The Bertz CT molecular complexity index is 3100. The van der Waals surface area contributed by atoms with Crippen LogP contribution >= 0.6 is 20.7 Å². The van der Waals surface area contributed by atoms with Gasteiger partial charge in [-0.15, -0.1) is 0 Å². The molecule has 0 saturated heterocycles. The summed E-state index contributed by atoms with van der Waals surface area (Å²) in [5.41, 5.74) is 16.3. The topological polar surface area (TPSA) is 30.7 Å². The van der Waals surface area contributed by atoms with Crippen LogP contribution in [0.4, 0.5) is 0 Å². The summed E-state index contributed by atoms with van der Waals surface area (Å²) in [5.74, 6) is 0.649. The van der Waals surface area contributed by atoms with Crippen LogP contribution in [0.1, 0.15) is 30.5 Å². The number of benzene rings is 7. The molecule has 0 amide bonds. The van der Waals surface area contributed by atoms with Gasteiger partial charge in [-0.25, -0.2) is 9.97 Å². The maximum absolute atomic E-state index is 5.41. The van der Waals surface area contributed by atoms with E-state index in [1.165, 1.54) is 47.7 Å². The Morgan fingerprint density at radius 3 is 1.69 bits per heavy atom. The van der Waals surface area contributed by atoms with Crippen LogP contribution < -0.4 is 0 Å². The van der Waals surface area contributed by atoms with Crippen molar-refractivity contribution >= 4 is 51.6 Å². The van der Waals surface area contributed by atoms with Gasteiger partial charge in [-0.05, 0) is 75.4 Å². The molecule has 0 spiro atoms. The summed E-state index contributed by atoms with van der Waals surface area (Å²) in [6.45, 7) is 4.82. The number of nitrogens with zero attached hydrogens (tertiary/aromatic N) is 3. The van der Waals surface area contributed by atoms with Gasteiger partial charge in [-0.1, -0.05) is 192 Å². The molecule has 0 saturated carbocycles. The molecule has 9 aromatic rings. The van der Waals surface area contributed by atoms with Gasteiger partial charge < -0.3 is 0 Å². The maximum Gasteiger partial charge on any atom is 0.235 e. The van der Waals surface area contributed by atoms with Crippen molar-refractivity contribution in [3.8, 4) is 50.7 Å². The van der Waals surface area contributed by atoms with E-state index in [9.17, 15) is 0 Å². The van der Waals surface area contributed by atoms with Crippen LogP contribution in [0.25, 0.3) is 78.1 Å². The minimum absolute atomic E-state index is 0.0160. The molecule has 0 N–H and O–H groups in total. The maximum atomic E-state index is 5.41. The number of hydrogen-bond donors (Lipinski definition) is 0. The minimum atomic E-state index is -0.420. The van der Waals surface area contributed by atoms with Gasteiger partial charge in [-0.2, -0.15) is 0 Å². The minimum Gasteiger partial charge on any atom is -0.277 e. The van der Waals surface area contributed by atoms with Gasteiger partial charge in [0.15, 0.2) is 0 Å². The molecule has 0 fully saturated rings. The van der Waals surface area contributed by atoms with Crippen molar-refractivity contribution < 1.29 is 0 Å². The van der Waals surface area contributed by atoms with Gasteiger partial charge in [0.05, 0.1) is 22.4 Å². The molecule has 4 heteroatoms. The Labute approximate surface area is 348 Å². The fourth-order valence-electron chi connectivity index (χ4n) is 8.80. The Hall–Kier alpha value is -6.50. The zero-order valence-electron chi connectivity index (χ0n) is 32.2. The van der Waals surface area contributed by atoms with E-state index in [1.807, 2.05) is 0 Å². The number of halogens is 1. The molecule has 0 radical (unpaired) electrons. The van der Waals surface area contributed by atoms with Gasteiger partial charge in [0.2, 0.25) is 5.95 Å². The number of aromatic nitrogens is 3. The van der Waals surface area contributed by atoms with Crippen molar-refractivity contribution in [2.75, 3.05) is 0 Å². The normalized spacial score (nSPS) is 14.3. The predicted molar refractivity (Wildman–Crippen MR) is 252 cm³/mol. The fraction of sp³-hybridized carbons (Fsp3) is 0.0556. The molecular weight excluding hydrogens is 818 g/mol. The Balaban J connectivity index is 1.21. The number of allylic oxidation sites excluding steroid dienone is 4. The van der Waals surface area contributed by atoms with Gasteiger partial charge in [-0.3, -0.25) is 4.57 Å². The third kappa shape index (κ3) is 5.73. The first-order chi connectivity index (χ1) is 28.5. The summed E-state index contributed by atoms with van der Waals surface area (Å²) in [6.07, 6.45) is 4.78. The molecule has 58 heavy (non-hydrogen) atoms. The van der Waals surface area contributed by atoms with Crippen LogP contribution in [0.15, 0.2) is 198 Å². The quantitative estimate of drug-likeness (QED) is 0.156. The van der Waals surface area contributed by atoms with E-state index in [0.717, 1.165) is 44.7 Å². The molecule has 3 heterocycles. The third-order valence-electron chi connectivity index (χ3n) is 11.7. The summed E-state index contributed by atoms with van der Waals surface area (Å²) in [4.78, 5) is 10.8. The van der Waals surface area contributed by atoms with Crippen LogP contribution in [-0.4, -0.2) is 18.0 Å². The Morgan fingerprint density at radius 1 is 0.466 bits per heavy atom. The smallest absolute Gasteiger partial charge is 0.235 e. The first kappa shape index (κ1) is 34.7. The highest BCUT2D eigenvalue weighted by molar-refractivity contribution is 14.2. The zero-order chi connectivity index (χ0) is 38.8. The number of rotatable bonds is 6. The largest absolute Gasteiger partial charge is 0.277 e. The molecule has 276 valence electrons. The molecule has 0 unspecified atom stereocenters. The highest BCUT2D eigenvalue weighted by atomic mass is 127. The zero-order valence-corrected chi connectivity index (χ0v) is 34.4. The Morgan fingerprint density at radius 2 is 1.03 bits per heavy atom. The molecule has 2 aromatic heterocycles. The number of fused-ring (bicyclic) bond motifs is 5. The molecule has 3 nitrogen and oxygen atoms in total. The standard InChI is InChI=1S/C54H38IN3/c1-54(2)46-26-16-15-25-41(46)42-28-29-47(55-52(42)54)39-27-30-50-44(31-39)45-33-40(35-17-7-3-8-18-35)32-43(36-19-9-4-10-20-36)51(45)58(50)53-56-48(37-21-11-5-12-22-37)34-49(57-53)38-23-13-6-14-24-38/h3-34H,1-2H3. The van der Waals surface area contributed by atoms with Crippen molar-refractivity contribution in [3.63, 3.8) is 0 Å². The molecule has 0 atom stereocenters. The molecule has 2 aliphatic rings. The molecule has 1 aliphatic heterocycles. The lowest BCUT2D eigenvalue weighted by molar-refractivity contribution is 0.678. The van der Waals surface area contributed by atoms with E-state index in [1.54, 1.807) is 3.58 Å². The summed E-state index contributed by atoms with van der Waals surface area (Å²) in [5, 5.41) is 2.37. The van der Waals surface area contributed by atoms with Crippen LogP contribution in [0.2, 0.25) is 0 Å². The van der Waals surface area contributed by atoms with Crippen LogP contribution in [0, 0.1) is 0 Å². The second-order valence-corrected chi connectivity index (χ2v) is 18.3. The summed E-state index contributed by atoms with van der Waals surface area (Å²) >= 11 is -0.420. The monoisotopic (exact) mass is 855 g/mol. The lowest BCUT2D eigenvalue weighted by Crippen LogP contribution is -2.15. The van der Waals surface area contributed by atoms with Crippen molar-refractivity contribution in [1.29, 1.82) is 0 Å². The van der Waals surface area contributed by atoms with Gasteiger partial charge in [0.25, 0.3) is 0 Å². The van der Waals surface area contributed by atoms with Gasteiger partial charge in [0, 0.05) is 40.0 Å². The third-order valence-corrected chi connectivity index (χ3v) is 15.7. The van der Waals surface area contributed by atoms with E-state index in [4.69, 9.17) is 9.97 Å². The fourth-order valence-corrected chi connectivity index (χ4v) is 12.1. The lowest BCUT2D eigenvalue weighted by atomic mass is 9.87. The van der Waals surface area contributed by atoms with Crippen LogP contribution in [0.3, 0.4) is 0 Å². The van der Waals surface area contributed by atoms with Crippen molar-refractivity contribution in [1.82, 2.24) is 14.5 Å².